The van der Waals surface area contributed by atoms with Crippen molar-refractivity contribution in [3.8, 4) is 0 Å². The van der Waals surface area contributed by atoms with E-state index in [0.717, 1.165) is 12.4 Å². The molecule has 1 aromatic carbocycles. The van der Waals surface area contributed by atoms with Crippen LogP contribution in [0.15, 0.2) is 27.8 Å². The number of anilines is 1. The lowest BCUT2D eigenvalue weighted by molar-refractivity contribution is 0.548. The molecule has 0 bridgehead atoms. The smallest absolute Gasteiger partial charge is 0.262 e. The monoisotopic (exact) mass is 417 g/mol. The maximum absolute atomic E-state index is 13.7. The Morgan fingerprint density at radius 2 is 1.86 bits per heavy atom. The van der Waals surface area contributed by atoms with Crippen LogP contribution in [0.4, 0.5) is 14.6 Å². The van der Waals surface area contributed by atoms with Crippen molar-refractivity contribution in [3.63, 3.8) is 0 Å². The summed E-state index contributed by atoms with van der Waals surface area (Å²) in [7, 11) is -4.40. The normalized spacial score (nSPS) is 11.5. The van der Waals surface area contributed by atoms with Gasteiger partial charge >= 0.3 is 0 Å². The number of hydrogen-bond acceptors (Lipinski definition) is 4. The lowest BCUT2D eigenvalue weighted by Crippen LogP contribution is -2.17. The summed E-state index contributed by atoms with van der Waals surface area (Å²) in [5, 5.41) is -0.426. The highest BCUT2D eigenvalue weighted by Crippen LogP contribution is 2.31. The van der Waals surface area contributed by atoms with Gasteiger partial charge in [-0.2, -0.15) is 0 Å². The Kier molecular flexibility index (Phi) is 4.66. The number of benzene rings is 1. The second-order valence-electron chi connectivity index (χ2n) is 3.63. The minimum Gasteiger partial charge on any atom is -0.262 e. The van der Waals surface area contributed by atoms with Gasteiger partial charge in [-0.1, -0.05) is 23.2 Å². The van der Waals surface area contributed by atoms with Gasteiger partial charge in [0.2, 0.25) is 0 Å². The van der Waals surface area contributed by atoms with Crippen molar-refractivity contribution in [1.29, 1.82) is 0 Å². The van der Waals surface area contributed by atoms with Gasteiger partial charge < -0.3 is 0 Å². The quantitative estimate of drug-likeness (QED) is 0.772. The van der Waals surface area contributed by atoms with Crippen LogP contribution < -0.4 is 4.72 Å². The van der Waals surface area contributed by atoms with Crippen LogP contribution in [0.3, 0.4) is 0 Å². The highest BCUT2D eigenvalue weighted by atomic mass is 79.9. The van der Waals surface area contributed by atoms with Gasteiger partial charge in [0.25, 0.3) is 10.0 Å². The van der Waals surface area contributed by atoms with E-state index in [-0.39, 0.29) is 20.5 Å². The summed E-state index contributed by atoms with van der Waals surface area (Å²) in [5.41, 5.74) is 0. The van der Waals surface area contributed by atoms with Gasteiger partial charge in [-0.3, -0.25) is 4.72 Å². The fraction of sp³-hybridized carbons (Fsp3) is 0. The summed E-state index contributed by atoms with van der Waals surface area (Å²) in [6, 6.07) is 1.25. The lowest BCUT2D eigenvalue weighted by atomic mass is 10.3. The van der Waals surface area contributed by atoms with Gasteiger partial charge in [-0.05, 0) is 22.0 Å². The summed E-state index contributed by atoms with van der Waals surface area (Å²) in [6.45, 7) is 0. The SMILES string of the molecule is O=S(=O)(Nc1ncnc(Cl)c1Cl)c1c(F)cc(F)cc1Br. The van der Waals surface area contributed by atoms with E-state index >= 15 is 0 Å². The molecule has 1 aromatic heterocycles. The lowest BCUT2D eigenvalue weighted by Gasteiger charge is -2.11. The number of nitrogens with one attached hydrogen (secondary N) is 1. The zero-order valence-electron chi connectivity index (χ0n) is 9.74. The maximum atomic E-state index is 13.7. The average molecular weight is 419 g/mol. The van der Waals surface area contributed by atoms with E-state index < -0.39 is 26.6 Å². The van der Waals surface area contributed by atoms with Crippen molar-refractivity contribution in [2.45, 2.75) is 4.90 Å². The van der Waals surface area contributed by atoms with Gasteiger partial charge in [0.05, 0.1) is 0 Å². The van der Waals surface area contributed by atoms with Gasteiger partial charge in [0, 0.05) is 10.5 Å². The topological polar surface area (TPSA) is 72.0 Å². The molecule has 0 radical (unpaired) electrons. The first kappa shape index (κ1) is 16.3. The number of nitrogens with zero attached hydrogens (tertiary/aromatic N) is 2. The van der Waals surface area contributed by atoms with E-state index in [9.17, 15) is 17.2 Å². The molecule has 2 aromatic rings. The van der Waals surface area contributed by atoms with Crippen LogP contribution in [-0.2, 0) is 10.0 Å². The molecular formula is C10H4BrCl2F2N3O2S. The Balaban J connectivity index is 2.51. The molecule has 0 spiro atoms. The molecule has 11 heteroatoms. The van der Waals surface area contributed by atoms with Crippen LogP contribution in [0.2, 0.25) is 10.2 Å². The number of rotatable bonds is 3. The van der Waals surface area contributed by atoms with Crippen molar-refractivity contribution in [1.82, 2.24) is 9.97 Å². The standard InChI is InChI=1S/C10H4BrCl2F2N3O2S/c11-5-1-4(14)2-6(15)8(5)21(19,20)18-10-7(12)9(13)16-3-17-10/h1-3H,(H,16,17,18). The summed E-state index contributed by atoms with van der Waals surface area (Å²) in [6.07, 6.45) is 0.974. The molecule has 0 amide bonds. The van der Waals surface area contributed by atoms with Gasteiger partial charge in [-0.15, -0.1) is 0 Å². The Morgan fingerprint density at radius 3 is 2.48 bits per heavy atom. The fourth-order valence-corrected chi connectivity index (χ4v) is 3.91. The van der Waals surface area contributed by atoms with Gasteiger partial charge in [0.1, 0.15) is 27.9 Å². The molecule has 1 heterocycles. The zero-order chi connectivity index (χ0) is 15.8. The van der Waals surface area contributed by atoms with Crippen LogP contribution in [-0.4, -0.2) is 18.4 Å². The highest BCUT2D eigenvalue weighted by Gasteiger charge is 2.25. The Hall–Kier alpha value is -1.03. The molecule has 0 atom stereocenters. The molecule has 21 heavy (non-hydrogen) atoms. The van der Waals surface area contributed by atoms with Crippen LogP contribution >= 0.6 is 39.1 Å². The zero-order valence-corrected chi connectivity index (χ0v) is 13.7. The Labute approximate surface area is 136 Å². The van der Waals surface area contributed by atoms with Crippen molar-refractivity contribution in [3.05, 3.63) is 44.7 Å². The molecule has 0 aliphatic rings. The molecule has 0 saturated carbocycles. The van der Waals surface area contributed by atoms with E-state index in [1.807, 2.05) is 4.72 Å². The van der Waals surface area contributed by atoms with E-state index in [4.69, 9.17) is 23.2 Å². The first-order valence-corrected chi connectivity index (χ1v) is 8.09. The summed E-state index contributed by atoms with van der Waals surface area (Å²) >= 11 is 14.2. The number of hydrogen-bond donors (Lipinski definition) is 1. The van der Waals surface area contributed by atoms with E-state index in [1.165, 1.54) is 0 Å². The van der Waals surface area contributed by atoms with E-state index in [1.54, 1.807) is 0 Å². The van der Waals surface area contributed by atoms with E-state index in [2.05, 4.69) is 25.9 Å². The third kappa shape index (κ3) is 3.42. The first-order chi connectivity index (χ1) is 9.72. The average Bonchev–Trinajstić information content (AvgIpc) is 2.33. The first-order valence-electron chi connectivity index (χ1n) is 5.05. The number of aromatic nitrogens is 2. The highest BCUT2D eigenvalue weighted by molar-refractivity contribution is 9.10. The Bertz CT molecular complexity index is 797. The second-order valence-corrected chi connectivity index (χ2v) is 6.84. The number of sulfonamides is 1. The summed E-state index contributed by atoms with van der Waals surface area (Å²) in [5.74, 6) is -2.53. The minimum atomic E-state index is -4.40. The number of halogens is 5. The van der Waals surface area contributed by atoms with E-state index in [0.29, 0.717) is 6.07 Å². The molecule has 0 fully saturated rings. The third-order valence-electron chi connectivity index (χ3n) is 2.21. The van der Waals surface area contributed by atoms with Crippen molar-refractivity contribution < 1.29 is 17.2 Å². The molecule has 5 nitrogen and oxygen atoms in total. The molecule has 0 saturated heterocycles. The van der Waals surface area contributed by atoms with Crippen molar-refractivity contribution in [2.75, 3.05) is 4.72 Å². The predicted octanol–water partition coefficient (Wildman–Crippen LogP) is 3.62. The Morgan fingerprint density at radius 1 is 1.19 bits per heavy atom. The second kappa shape index (κ2) is 5.99. The fourth-order valence-electron chi connectivity index (χ4n) is 1.38. The summed E-state index contributed by atoms with van der Waals surface area (Å²) < 4.78 is 52.7. The molecule has 0 unspecified atom stereocenters. The molecule has 112 valence electrons. The molecule has 0 aliphatic heterocycles. The van der Waals surface area contributed by atoms with Crippen LogP contribution in [0, 0.1) is 11.6 Å². The van der Waals surface area contributed by atoms with Gasteiger partial charge in [-0.25, -0.2) is 27.2 Å². The van der Waals surface area contributed by atoms with Crippen molar-refractivity contribution >= 4 is 55.0 Å². The molecular weight excluding hydrogens is 415 g/mol. The third-order valence-corrected chi connectivity index (χ3v) is 5.25. The summed E-state index contributed by atoms with van der Waals surface area (Å²) in [4.78, 5) is 6.36. The molecule has 1 N–H and O–H groups in total. The maximum Gasteiger partial charge on any atom is 0.267 e. The van der Waals surface area contributed by atoms with Crippen molar-refractivity contribution in [2.24, 2.45) is 0 Å². The van der Waals surface area contributed by atoms with Gasteiger partial charge in [0.15, 0.2) is 11.0 Å². The predicted molar refractivity (Wildman–Crippen MR) is 76.9 cm³/mol. The van der Waals surface area contributed by atoms with Crippen LogP contribution in [0.5, 0.6) is 0 Å². The van der Waals surface area contributed by atoms with Crippen LogP contribution in [0.1, 0.15) is 0 Å². The minimum absolute atomic E-state index is 0.178. The molecule has 0 aliphatic carbocycles. The largest absolute Gasteiger partial charge is 0.267 e. The molecule has 2 rings (SSSR count). The van der Waals surface area contributed by atoms with Crippen LogP contribution in [0.25, 0.3) is 0 Å².